The van der Waals surface area contributed by atoms with Crippen LogP contribution in [0.2, 0.25) is 0 Å². The highest BCUT2D eigenvalue weighted by Crippen LogP contribution is 2.18. The Morgan fingerprint density at radius 3 is 2.94 bits per heavy atom. The van der Waals surface area contributed by atoms with Crippen LogP contribution in [0.5, 0.6) is 5.75 Å². The summed E-state index contributed by atoms with van der Waals surface area (Å²) in [6.07, 6.45) is 2.42. The summed E-state index contributed by atoms with van der Waals surface area (Å²) in [6, 6.07) is 8.21. The molecule has 5 heteroatoms. The first-order chi connectivity index (χ1) is 7.78. The number of anilines is 1. The minimum Gasteiger partial charge on any atom is -0.497 e. The highest BCUT2D eigenvalue weighted by atomic mass is 32.1. The third kappa shape index (κ3) is 3.27. The molecule has 0 saturated heterocycles. The number of ether oxygens (including phenoxy) is 1. The Bertz CT molecular complexity index is 379. The van der Waals surface area contributed by atoms with Crippen molar-refractivity contribution < 1.29 is 4.74 Å². The molecule has 4 nitrogen and oxygen atoms in total. The first-order valence-electron chi connectivity index (χ1n) is 5.24. The molecule has 0 atom stereocenters. The van der Waals surface area contributed by atoms with E-state index in [0.717, 1.165) is 11.4 Å². The molecule has 1 saturated carbocycles. The van der Waals surface area contributed by atoms with Crippen LogP contribution in [0.15, 0.2) is 24.3 Å². The molecule has 1 fully saturated rings. The second kappa shape index (κ2) is 5.03. The fourth-order valence-electron chi connectivity index (χ4n) is 1.28. The van der Waals surface area contributed by atoms with Crippen molar-refractivity contribution >= 4 is 23.0 Å². The molecule has 1 aromatic carbocycles. The molecule has 1 aromatic rings. The Hall–Kier alpha value is -1.49. The molecule has 0 heterocycles. The van der Waals surface area contributed by atoms with E-state index in [2.05, 4.69) is 16.2 Å². The van der Waals surface area contributed by atoms with Gasteiger partial charge in [0.15, 0.2) is 5.11 Å². The van der Waals surface area contributed by atoms with Crippen LogP contribution in [0, 0.1) is 0 Å². The van der Waals surface area contributed by atoms with Crippen LogP contribution >= 0.6 is 12.2 Å². The van der Waals surface area contributed by atoms with Crippen molar-refractivity contribution in [3.8, 4) is 5.75 Å². The first kappa shape index (κ1) is 11.0. The molecule has 0 spiro atoms. The normalized spacial score (nSPS) is 14.1. The second-order valence-electron chi connectivity index (χ2n) is 3.73. The van der Waals surface area contributed by atoms with Crippen molar-refractivity contribution in [2.45, 2.75) is 18.9 Å². The van der Waals surface area contributed by atoms with E-state index < -0.39 is 0 Å². The average molecular weight is 237 g/mol. The van der Waals surface area contributed by atoms with Crippen LogP contribution in [0.3, 0.4) is 0 Å². The summed E-state index contributed by atoms with van der Waals surface area (Å²) in [6.45, 7) is 0. The van der Waals surface area contributed by atoms with Crippen molar-refractivity contribution in [3.63, 3.8) is 0 Å². The van der Waals surface area contributed by atoms with E-state index in [0.29, 0.717) is 11.2 Å². The van der Waals surface area contributed by atoms with Crippen LogP contribution < -0.4 is 20.9 Å². The van der Waals surface area contributed by atoms with Gasteiger partial charge in [-0.2, -0.15) is 0 Å². The maximum atomic E-state index is 5.12. The summed E-state index contributed by atoms with van der Waals surface area (Å²) in [7, 11) is 1.64. The quantitative estimate of drug-likeness (QED) is 0.549. The molecule has 0 amide bonds. The lowest BCUT2D eigenvalue weighted by Gasteiger charge is -2.12. The third-order valence-corrected chi connectivity index (χ3v) is 2.52. The van der Waals surface area contributed by atoms with E-state index in [4.69, 9.17) is 17.0 Å². The maximum absolute atomic E-state index is 5.12. The molecule has 2 rings (SSSR count). The number of hydrogen-bond acceptors (Lipinski definition) is 3. The molecular formula is C11H15N3OS. The Balaban J connectivity index is 1.80. The zero-order chi connectivity index (χ0) is 11.4. The van der Waals surface area contributed by atoms with Crippen molar-refractivity contribution in [3.05, 3.63) is 24.3 Å². The first-order valence-corrected chi connectivity index (χ1v) is 5.65. The van der Waals surface area contributed by atoms with Gasteiger partial charge in [0.2, 0.25) is 0 Å². The van der Waals surface area contributed by atoms with Gasteiger partial charge in [0.1, 0.15) is 5.75 Å². The summed E-state index contributed by atoms with van der Waals surface area (Å²) < 4.78 is 5.12. The predicted octanol–water partition coefficient (Wildman–Crippen LogP) is 1.65. The number of thiocarbonyl (C=S) groups is 1. The van der Waals surface area contributed by atoms with Gasteiger partial charge in [-0.25, -0.2) is 0 Å². The zero-order valence-electron chi connectivity index (χ0n) is 9.12. The van der Waals surface area contributed by atoms with E-state index in [9.17, 15) is 0 Å². The van der Waals surface area contributed by atoms with Gasteiger partial charge < -0.3 is 10.1 Å². The molecule has 0 radical (unpaired) electrons. The third-order valence-electron chi connectivity index (χ3n) is 2.30. The summed E-state index contributed by atoms with van der Waals surface area (Å²) in [5.41, 5.74) is 6.87. The Morgan fingerprint density at radius 2 is 2.25 bits per heavy atom. The summed E-state index contributed by atoms with van der Waals surface area (Å²) >= 11 is 5.11. The highest BCUT2D eigenvalue weighted by Gasteiger charge is 2.21. The number of rotatable bonds is 4. The van der Waals surface area contributed by atoms with Gasteiger partial charge in [-0.15, -0.1) is 0 Å². The summed E-state index contributed by atoms with van der Waals surface area (Å²) in [4.78, 5) is 0. The molecule has 0 aromatic heterocycles. The smallest absolute Gasteiger partial charge is 0.185 e. The molecular weight excluding hydrogens is 222 g/mol. The SMILES string of the molecule is COc1cccc(NNC(=S)NC2CC2)c1. The maximum Gasteiger partial charge on any atom is 0.185 e. The minimum atomic E-state index is 0.562. The topological polar surface area (TPSA) is 45.3 Å². The second-order valence-corrected chi connectivity index (χ2v) is 4.14. The lowest BCUT2D eigenvalue weighted by molar-refractivity contribution is 0.415. The number of hydrazine groups is 1. The number of hydrogen-bond donors (Lipinski definition) is 3. The zero-order valence-corrected chi connectivity index (χ0v) is 9.93. The average Bonchev–Trinajstić information content (AvgIpc) is 3.10. The van der Waals surface area contributed by atoms with Crippen LogP contribution in [-0.2, 0) is 0 Å². The van der Waals surface area contributed by atoms with Crippen LogP contribution in [-0.4, -0.2) is 18.3 Å². The van der Waals surface area contributed by atoms with Gasteiger partial charge in [0.05, 0.1) is 12.8 Å². The van der Waals surface area contributed by atoms with Gasteiger partial charge in [-0.05, 0) is 37.2 Å². The monoisotopic (exact) mass is 237 g/mol. The van der Waals surface area contributed by atoms with Crippen molar-refractivity contribution in [2.75, 3.05) is 12.5 Å². The van der Waals surface area contributed by atoms with Crippen LogP contribution in [0.25, 0.3) is 0 Å². The van der Waals surface area contributed by atoms with Crippen molar-refractivity contribution in [2.24, 2.45) is 0 Å². The summed E-state index contributed by atoms with van der Waals surface area (Å²) in [5, 5.41) is 3.81. The molecule has 0 unspecified atom stereocenters. The molecule has 0 bridgehead atoms. The highest BCUT2D eigenvalue weighted by molar-refractivity contribution is 7.80. The van der Waals surface area contributed by atoms with Gasteiger partial charge in [-0.3, -0.25) is 10.9 Å². The lowest BCUT2D eigenvalue weighted by atomic mass is 10.3. The van der Waals surface area contributed by atoms with Crippen LogP contribution in [0.4, 0.5) is 5.69 Å². The standard InChI is InChI=1S/C11H15N3OS/c1-15-10-4-2-3-9(7-10)13-14-11(16)12-8-5-6-8/h2-4,7-8,13H,5-6H2,1H3,(H2,12,14,16). The molecule has 3 N–H and O–H groups in total. The molecule has 1 aliphatic carbocycles. The predicted molar refractivity (Wildman–Crippen MR) is 68.5 cm³/mol. The lowest BCUT2D eigenvalue weighted by Crippen LogP contribution is -2.39. The minimum absolute atomic E-state index is 0.562. The number of nitrogens with one attached hydrogen (secondary N) is 3. The van der Waals surface area contributed by atoms with E-state index in [1.807, 2.05) is 24.3 Å². The molecule has 86 valence electrons. The van der Waals surface area contributed by atoms with Gasteiger partial charge in [0.25, 0.3) is 0 Å². The molecule has 0 aliphatic heterocycles. The molecule has 1 aliphatic rings. The van der Waals surface area contributed by atoms with Crippen molar-refractivity contribution in [1.29, 1.82) is 0 Å². The van der Waals surface area contributed by atoms with E-state index in [-0.39, 0.29) is 0 Å². The fourth-order valence-corrected chi connectivity index (χ4v) is 1.50. The fraction of sp³-hybridized carbons (Fsp3) is 0.364. The van der Waals surface area contributed by atoms with Gasteiger partial charge in [-0.1, -0.05) is 6.07 Å². The van der Waals surface area contributed by atoms with E-state index in [1.165, 1.54) is 12.8 Å². The largest absolute Gasteiger partial charge is 0.497 e. The number of benzene rings is 1. The Labute approximate surface area is 100 Å². The van der Waals surface area contributed by atoms with Gasteiger partial charge >= 0.3 is 0 Å². The Kier molecular flexibility index (Phi) is 3.46. The van der Waals surface area contributed by atoms with E-state index in [1.54, 1.807) is 7.11 Å². The van der Waals surface area contributed by atoms with Crippen LogP contribution in [0.1, 0.15) is 12.8 Å². The molecule has 16 heavy (non-hydrogen) atoms. The van der Waals surface area contributed by atoms with E-state index >= 15 is 0 Å². The number of methoxy groups -OCH3 is 1. The summed E-state index contributed by atoms with van der Waals surface area (Å²) in [5.74, 6) is 0.813. The van der Waals surface area contributed by atoms with Gasteiger partial charge in [0, 0.05) is 12.1 Å². The Morgan fingerprint density at radius 1 is 1.44 bits per heavy atom. The van der Waals surface area contributed by atoms with Crippen molar-refractivity contribution in [1.82, 2.24) is 10.7 Å².